The van der Waals surface area contributed by atoms with Crippen LogP contribution in [-0.2, 0) is 4.79 Å². The number of carbonyl (C=O) groups is 3. The minimum absolute atomic E-state index is 0.152. The Balaban J connectivity index is 1.75. The monoisotopic (exact) mass is 493 g/mol. The zero-order chi connectivity index (χ0) is 23.1. The number of benzene rings is 3. The Morgan fingerprint density at radius 3 is 2.03 bits per heavy atom. The van der Waals surface area contributed by atoms with Crippen LogP contribution >= 0.6 is 15.9 Å². The van der Waals surface area contributed by atoms with Crippen molar-refractivity contribution in [3.8, 4) is 0 Å². The summed E-state index contributed by atoms with van der Waals surface area (Å²) < 4.78 is 0.901. The summed E-state index contributed by atoms with van der Waals surface area (Å²) in [7, 11) is 0. The third kappa shape index (κ3) is 6.04. The molecule has 0 aliphatic rings. The fourth-order valence-corrected chi connectivity index (χ4v) is 3.35. The molecule has 0 saturated carbocycles. The van der Waals surface area contributed by atoms with Gasteiger partial charge in [-0.2, -0.15) is 0 Å². The lowest BCUT2D eigenvalue weighted by molar-refractivity contribution is -0.118. The minimum atomic E-state index is -0.760. The van der Waals surface area contributed by atoms with E-state index < -0.39 is 11.9 Å². The number of hydrogen-bond acceptors (Lipinski definition) is 3. The van der Waals surface area contributed by atoms with Gasteiger partial charge in [-0.25, -0.2) is 0 Å². The van der Waals surface area contributed by atoms with Crippen LogP contribution in [0.5, 0.6) is 0 Å². The molecule has 0 fully saturated rings. The van der Waals surface area contributed by atoms with Crippen molar-refractivity contribution in [1.29, 1.82) is 0 Å². The third-order valence-corrected chi connectivity index (χ3v) is 5.33. The number of carbonyl (C=O) groups excluding carboxylic acids is 3. The average molecular weight is 494 g/mol. The van der Waals surface area contributed by atoms with E-state index in [1.807, 2.05) is 32.0 Å². The van der Waals surface area contributed by atoms with Crippen molar-refractivity contribution >= 4 is 45.0 Å². The van der Waals surface area contributed by atoms with E-state index in [0.717, 1.165) is 4.47 Å². The van der Waals surface area contributed by atoms with E-state index >= 15 is 0 Å². The highest BCUT2D eigenvalue weighted by Crippen LogP contribution is 2.18. The zero-order valence-corrected chi connectivity index (χ0v) is 19.3. The molecule has 0 aromatic heterocycles. The van der Waals surface area contributed by atoms with Crippen LogP contribution in [0.4, 0.5) is 11.4 Å². The van der Waals surface area contributed by atoms with E-state index in [9.17, 15) is 14.4 Å². The third-order valence-electron chi connectivity index (χ3n) is 4.80. The molecule has 32 heavy (non-hydrogen) atoms. The maximum absolute atomic E-state index is 13.1. The molecule has 1 unspecified atom stereocenters. The van der Waals surface area contributed by atoms with Crippen LogP contribution in [0.2, 0.25) is 0 Å². The van der Waals surface area contributed by atoms with Crippen molar-refractivity contribution in [2.45, 2.75) is 19.9 Å². The Morgan fingerprint density at radius 2 is 1.38 bits per heavy atom. The Morgan fingerprint density at radius 1 is 0.750 bits per heavy atom. The van der Waals surface area contributed by atoms with Gasteiger partial charge in [0.15, 0.2) is 0 Å². The van der Waals surface area contributed by atoms with Gasteiger partial charge >= 0.3 is 0 Å². The molecular weight excluding hydrogens is 470 g/mol. The highest BCUT2D eigenvalue weighted by atomic mass is 79.9. The zero-order valence-electron chi connectivity index (χ0n) is 17.8. The maximum Gasteiger partial charge on any atom is 0.255 e. The van der Waals surface area contributed by atoms with E-state index in [1.165, 1.54) is 0 Å². The normalized spacial score (nSPS) is 11.5. The van der Waals surface area contributed by atoms with Crippen molar-refractivity contribution < 1.29 is 14.4 Å². The molecule has 164 valence electrons. The molecule has 1 atom stereocenters. The molecule has 0 aliphatic heterocycles. The highest BCUT2D eigenvalue weighted by molar-refractivity contribution is 9.10. The first-order valence-corrected chi connectivity index (χ1v) is 11.0. The van der Waals surface area contributed by atoms with Crippen molar-refractivity contribution in [2.75, 3.05) is 10.6 Å². The predicted molar refractivity (Wildman–Crippen MR) is 130 cm³/mol. The lowest BCUT2D eigenvalue weighted by Gasteiger charge is -2.22. The summed E-state index contributed by atoms with van der Waals surface area (Å²) in [5.74, 6) is -1.24. The molecule has 0 aliphatic carbocycles. The first-order chi connectivity index (χ1) is 15.3. The van der Waals surface area contributed by atoms with Gasteiger partial charge in [0.05, 0.1) is 11.3 Å². The van der Waals surface area contributed by atoms with E-state index in [4.69, 9.17) is 0 Å². The van der Waals surface area contributed by atoms with Crippen molar-refractivity contribution in [1.82, 2.24) is 5.32 Å². The van der Waals surface area contributed by atoms with Gasteiger partial charge in [0.25, 0.3) is 11.8 Å². The Labute approximate surface area is 195 Å². The van der Waals surface area contributed by atoms with Crippen LogP contribution in [-0.4, -0.2) is 23.8 Å². The SMILES string of the molecule is CC(C)C(NC(=O)c1ccccc1NC(=O)c1ccccc1)C(=O)Nc1ccc(Br)cc1. The fraction of sp³-hybridized carbons (Fsp3) is 0.160. The van der Waals surface area contributed by atoms with Crippen molar-refractivity contribution in [2.24, 2.45) is 5.92 Å². The number of anilines is 2. The Hall–Kier alpha value is -3.45. The summed E-state index contributed by atoms with van der Waals surface area (Å²) in [4.78, 5) is 38.4. The number of nitrogens with one attached hydrogen (secondary N) is 3. The van der Waals surface area contributed by atoms with Gasteiger partial charge in [0.2, 0.25) is 5.91 Å². The van der Waals surface area contributed by atoms with Crippen molar-refractivity contribution in [3.63, 3.8) is 0 Å². The standard InChI is InChI=1S/C25H24BrN3O3/c1-16(2)22(25(32)27-19-14-12-18(26)13-15-19)29-24(31)20-10-6-7-11-21(20)28-23(30)17-8-4-3-5-9-17/h3-16,22H,1-2H3,(H,27,32)(H,28,30)(H,29,31). The summed E-state index contributed by atoms with van der Waals surface area (Å²) in [5.41, 5.74) is 1.76. The molecule has 0 saturated heterocycles. The van der Waals surface area contributed by atoms with E-state index in [-0.39, 0.29) is 23.3 Å². The van der Waals surface area contributed by atoms with Crippen LogP contribution in [0.1, 0.15) is 34.6 Å². The largest absolute Gasteiger partial charge is 0.340 e. The minimum Gasteiger partial charge on any atom is -0.340 e. The maximum atomic E-state index is 13.1. The molecule has 0 spiro atoms. The van der Waals surface area contributed by atoms with Gasteiger partial charge < -0.3 is 16.0 Å². The number of rotatable bonds is 7. The molecule has 3 N–H and O–H groups in total. The fourth-order valence-electron chi connectivity index (χ4n) is 3.08. The first kappa shape index (κ1) is 23.2. The Kier molecular flexibility index (Phi) is 7.78. The summed E-state index contributed by atoms with van der Waals surface area (Å²) in [6.45, 7) is 3.71. The second-order valence-electron chi connectivity index (χ2n) is 7.56. The van der Waals surface area contributed by atoms with Gasteiger partial charge in [-0.3, -0.25) is 14.4 Å². The first-order valence-electron chi connectivity index (χ1n) is 10.2. The van der Waals surface area contributed by atoms with Gasteiger partial charge in [0.1, 0.15) is 6.04 Å². The van der Waals surface area contributed by atoms with Crippen LogP contribution in [0.3, 0.4) is 0 Å². The van der Waals surface area contributed by atoms with Crippen LogP contribution < -0.4 is 16.0 Å². The molecule has 3 amide bonds. The molecule has 6 nitrogen and oxygen atoms in total. The molecular formula is C25H24BrN3O3. The Bertz CT molecular complexity index is 1100. The molecule has 0 bridgehead atoms. The number of para-hydroxylation sites is 1. The summed E-state index contributed by atoms with van der Waals surface area (Å²) >= 11 is 3.36. The van der Waals surface area contributed by atoms with Gasteiger partial charge in [-0.1, -0.05) is 60.1 Å². The second-order valence-corrected chi connectivity index (χ2v) is 8.47. The van der Waals surface area contributed by atoms with Gasteiger partial charge in [-0.15, -0.1) is 0 Å². The van der Waals surface area contributed by atoms with E-state index in [2.05, 4.69) is 31.9 Å². The number of amides is 3. The molecule has 3 aromatic carbocycles. The summed E-state index contributed by atoms with van der Waals surface area (Å²) in [5, 5.41) is 8.42. The van der Waals surface area contributed by atoms with E-state index in [0.29, 0.717) is 16.9 Å². The average Bonchev–Trinajstić information content (AvgIpc) is 2.79. The quantitative estimate of drug-likeness (QED) is 0.428. The van der Waals surface area contributed by atoms with Gasteiger partial charge in [-0.05, 0) is 54.4 Å². The lowest BCUT2D eigenvalue weighted by Crippen LogP contribution is -2.47. The topological polar surface area (TPSA) is 87.3 Å². The predicted octanol–water partition coefficient (Wildman–Crippen LogP) is 5.09. The van der Waals surface area contributed by atoms with Crippen LogP contribution in [0.25, 0.3) is 0 Å². The highest BCUT2D eigenvalue weighted by Gasteiger charge is 2.26. The van der Waals surface area contributed by atoms with E-state index in [1.54, 1.807) is 60.7 Å². The molecule has 3 aromatic rings. The smallest absolute Gasteiger partial charge is 0.255 e. The van der Waals surface area contributed by atoms with Gasteiger partial charge in [0, 0.05) is 15.7 Å². The molecule has 0 radical (unpaired) electrons. The van der Waals surface area contributed by atoms with Crippen LogP contribution in [0, 0.1) is 5.92 Å². The molecule has 3 rings (SSSR count). The second kappa shape index (κ2) is 10.7. The lowest BCUT2D eigenvalue weighted by atomic mass is 10.0. The van der Waals surface area contributed by atoms with Crippen molar-refractivity contribution in [3.05, 3.63) is 94.5 Å². The number of hydrogen-bond donors (Lipinski definition) is 3. The summed E-state index contributed by atoms with van der Waals surface area (Å²) in [6.07, 6.45) is 0. The molecule has 0 heterocycles. The molecule has 7 heteroatoms. The summed E-state index contributed by atoms with van der Waals surface area (Å²) in [6, 6.07) is 21.9. The number of halogens is 1. The van der Waals surface area contributed by atoms with Crippen LogP contribution in [0.15, 0.2) is 83.3 Å².